The standard InChI is InChI=1S/C10H15N5O2S/c11-13-9-3-2-8(15(16)17)10(12-9)14-4-1-6-18-7-5-14/h2-3H,1,4-7,11H2,(H,12,13). The molecule has 0 spiro atoms. The molecule has 8 heteroatoms. The second-order valence-corrected chi connectivity index (χ2v) is 5.12. The molecule has 1 aromatic heterocycles. The highest BCUT2D eigenvalue weighted by Crippen LogP contribution is 2.28. The number of pyridine rings is 1. The van der Waals surface area contributed by atoms with Crippen molar-refractivity contribution in [1.82, 2.24) is 4.98 Å². The number of aromatic nitrogens is 1. The molecular weight excluding hydrogens is 254 g/mol. The molecule has 2 heterocycles. The molecule has 0 aliphatic carbocycles. The summed E-state index contributed by atoms with van der Waals surface area (Å²) in [6.07, 6.45) is 1.00. The van der Waals surface area contributed by atoms with Crippen LogP contribution in [0.3, 0.4) is 0 Å². The lowest BCUT2D eigenvalue weighted by molar-refractivity contribution is -0.384. The van der Waals surface area contributed by atoms with E-state index in [2.05, 4.69) is 10.4 Å². The van der Waals surface area contributed by atoms with Crippen LogP contribution < -0.4 is 16.2 Å². The second kappa shape index (κ2) is 5.87. The van der Waals surface area contributed by atoms with E-state index in [1.54, 1.807) is 0 Å². The lowest BCUT2D eigenvalue weighted by Gasteiger charge is -2.21. The van der Waals surface area contributed by atoms with Crippen LogP contribution in [0.1, 0.15) is 6.42 Å². The van der Waals surface area contributed by atoms with Crippen molar-refractivity contribution in [3.8, 4) is 0 Å². The summed E-state index contributed by atoms with van der Waals surface area (Å²) in [5.41, 5.74) is 2.45. The summed E-state index contributed by atoms with van der Waals surface area (Å²) >= 11 is 1.86. The Balaban J connectivity index is 2.35. The zero-order chi connectivity index (χ0) is 13.0. The molecule has 1 saturated heterocycles. The van der Waals surface area contributed by atoms with Crippen LogP contribution in [-0.2, 0) is 0 Å². The number of rotatable bonds is 3. The number of nitro groups is 1. The third-order valence-electron chi connectivity index (χ3n) is 2.72. The fourth-order valence-electron chi connectivity index (χ4n) is 1.85. The Morgan fingerprint density at radius 3 is 3.00 bits per heavy atom. The van der Waals surface area contributed by atoms with Gasteiger partial charge in [0.1, 0.15) is 5.82 Å². The van der Waals surface area contributed by atoms with E-state index in [9.17, 15) is 10.1 Å². The monoisotopic (exact) mass is 269 g/mol. The van der Waals surface area contributed by atoms with Gasteiger partial charge >= 0.3 is 5.69 Å². The largest absolute Gasteiger partial charge is 0.350 e. The number of nitrogens with two attached hydrogens (primary N) is 1. The van der Waals surface area contributed by atoms with E-state index in [-0.39, 0.29) is 5.69 Å². The Hall–Kier alpha value is -1.54. The fraction of sp³-hybridized carbons (Fsp3) is 0.500. The fourth-order valence-corrected chi connectivity index (χ4v) is 2.74. The minimum atomic E-state index is -0.402. The minimum absolute atomic E-state index is 0.0286. The van der Waals surface area contributed by atoms with E-state index < -0.39 is 4.92 Å². The van der Waals surface area contributed by atoms with Crippen molar-refractivity contribution < 1.29 is 4.92 Å². The van der Waals surface area contributed by atoms with Gasteiger partial charge in [-0.2, -0.15) is 11.8 Å². The van der Waals surface area contributed by atoms with Gasteiger partial charge in [0.25, 0.3) is 0 Å². The van der Waals surface area contributed by atoms with Crippen LogP contribution in [0.4, 0.5) is 17.3 Å². The average Bonchev–Trinajstić information content (AvgIpc) is 2.66. The van der Waals surface area contributed by atoms with Crippen LogP contribution in [-0.4, -0.2) is 34.5 Å². The summed E-state index contributed by atoms with van der Waals surface area (Å²) in [5.74, 6) is 8.18. The van der Waals surface area contributed by atoms with Gasteiger partial charge in [-0.15, -0.1) is 0 Å². The summed E-state index contributed by atoms with van der Waals surface area (Å²) in [7, 11) is 0. The number of nitrogens with one attached hydrogen (secondary N) is 1. The molecule has 0 bridgehead atoms. The zero-order valence-electron chi connectivity index (χ0n) is 9.83. The lowest BCUT2D eigenvalue weighted by atomic mass is 10.3. The van der Waals surface area contributed by atoms with Crippen molar-refractivity contribution in [2.45, 2.75) is 6.42 Å². The summed E-state index contributed by atoms with van der Waals surface area (Å²) in [4.78, 5) is 16.8. The van der Waals surface area contributed by atoms with Crippen LogP contribution in [0.2, 0.25) is 0 Å². The molecule has 7 nitrogen and oxygen atoms in total. The first-order valence-corrected chi connectivity index (χ1v) is 6.82. The van der Waals surface area contributed by atoms with Crippen LogP contribution in [0.5, 0.6) is 0 Å². The molecule has 98 valence electrons. The molecule has 0 saturated carbocycles. The highest BCUT2D eigenvalue weighted by atomic mass is 32.2. The maximum atomic E-state index is 11.0. The first-order chi connectivity index (χ1) is 8.72. The maximum Gasteiger partial charge on any atom is 0.311 e. The Morgan fingerprint density at radius 2 is 2.28 bits per heavy atom. The van der Waals surface area contributed by atoms with Crippen molar-refractivity contribution in [1.29, 1.82) is 0 Å². The predicted molar refractivity (Wildman–Crippen MR) is 72.9 cm³/mol. The second-order valence-electron chi connectivity index (χ2n) is 3.89. The van der Waals surface area contributed by atoms with Crippen LogP contribution in [0.25, 0.3) is 0 Å². The summed E-state index contributed by atoms with van der Waals surface area (Å²) < 4.78 is 0. The number of hydrogen-bond donors (Lipinski definition) is 2. The Morgan fingerprint density at radius 1 is 1.44 bits per heavy atom. The normalized spacial score (nSPS) is 16.2. The molecule has 2 rings (SSSR count). The first-order valence-electron chi connectivity index (χ1n) is 5.67. The van der Waals surface area contributed by atoms with E-state index >= 15 is 0 Å². The first kappa shape index (κ1) is 12.9. The molecule has 18 heavy (non-hydrogen) atoms. The van der Waals surface area contributed by atoms with E-state index in [0.29, 0.717) is 11.6 Å². The molecular formula is C10H15N5O2S. The van der Waals surface area contributed by atoms with Gasteiger partial charge in [0.15, 0.2) is 0 Å². The summed E-state index contributed by atoms with van der Waals surface area (Å²) in [6.45, 7) is 1.56. The minimum Gasteiger partial charge on any atom is -0.350 e. The number of nitrogen functional groups attached to an aromatic ring is 1. The van der Waals surface area contributed by atoms with Crippen molar-refractivity contribution in [3.05, 3.63) is 22.2 Å². The van der Waals surface area contributed by atoms with E-state index in [1.165, 1.54) is 12.1 Å². The highest BCUT2D eigenvalue weighted by Gasteiger charge is 2.22. The van der Waals surface area contributed by atoms with Gasteiger partial charge in [-0.25, -0.2) is 10.8 Å². The summed E-state index contributed by atoms with van der Waals surface area (Å²) in [5, 5.41) is 11.0. The lowest BCUT2D eigenvalue weighted by Crippen LogP contribution is -2.27. The van der Waals surface area contributed by atoms with Crippen molar-refractivity contribution >= 4 is 29.1 Å². The topological polar surface area (TPSA) is 97.3 Å². The number of nitrogens with zero attached hydrogens (tertiary/aromatic N) is 3. The van der Waals surface area contributed by atoms with Crippen molar-refractivity contribution in [2.75, 3.05) is 34.9 Å². The smallest absolute Gasteiger partial charge is 0.311 e. The third kappa shape index (κ3) is 2.82. The Labute approximate surface area is 109 Å². The van der Waals surface area contributed by atoms with Gasteiger partial charge in [0, 0.05) is 24.9 Å². The van der Waals surface area contributed by atoms with E-state index in [4.69, 9.17) is 5.84 Å². The summed E-state index contributed by atoms with van der Waals surface area (Å²) in [6, 6.07) is 2.95. The number of hydrogen-bond acceptors (Lipinski definition) is 7. The van der Waals surface area contributed by atoms with Gasteiger partial charge in [-0.3, -0.25) is 10.1 Å². The average molecular weight is 269 g/mol. The maximum absolute atomic E-state index is 11.0. The molecule has 3 N–H and O–H groups in total. The van der Waals surface area contributed by atoms with Gasteiger partial charge in [0.2, 0.25) is 5.82 Å². The van der Waals surface area contributed by atoms with Gasteiger partial charge in [-0.05, 0) is 18.2 Å². The molecule has 1 fully saturated rings. The predicted octanol–water partition coefficient (Wildman–Crippen LogP) is 1.22. The van der Waals surface area contributed by atoms with E-state index in [0.717, 1.165) is 31.0 Å². The van der Waals surface area contributed by atoms with Crippen LogP contribution >= 0.6 is 11.8 Å². The Kier molecular flexibility index (Phi) is 4.21. The third-order valence-corrected chi connectivity index (χ3v) is 3.77. The quantitative estimate of drug-likeness (QED) is 0.483. The van der Waals surface area contributed by atoms with E-state index in [1.807, 2.05) is 16.7 Å². The zero-order valence-corrected chi connectivity index (χ0v) is 10.7. The molecule has 0 amide bonds. The van der Waals surface area contributed by atoms with Crippen molar-refractivity contribution in [2.24, 2.45) is 5.84 Å². The number of hydrazine groups is 1. The van der Waals surface area contributed by atoms with Crippen LogP contribution in [0.15, 0.2) is 12.1 Å². The molecule has 1 aliphatic heterocycles. The van der Waals surface area contributed by atoms with Crippen LogP contribution in [0, 0.1) is 10.1 Å². The van der Waals surface area contributed by atoms with Gasteiger partial charge < -0.3 is 10.3 Å². The Bertz CT molecular complexity index is 434. The molecule has 0 atom stereocenters. The van der Waals surface area contributed by atoms with Crippen molar-refractivity contribution in [3.63, 3.8) is 0 Å². The molecule has 0 unspecified atom stereocenters. The highest BCUT2D eigenvalue weighted by molar-refractivity contribution is 7.99. The SMILES string of the molecule is NNc1ccc([N+](=O)[O-])c(N2CCCSCC2)n1. The number of thioether (sulfide) groups is 1. The number of anilines is 2. The molecule has 0 radical (unpaired) electrons. The van der Waals surface area contributed by atoms with Gasteiger partial charge in [0.05, 0.1) is 4.92 Å². The van der Waals surface area contributed by atoms with Gasteiger partial charge in [-0.1, -0.05) is 0 Å². The molecule has 0 aromatic carbocycles. The molecule has 1 aliphatic rings. The molecule has 1 aromatic rings.